The first-order chi connectivity index (χ1) is 9.20. The molecule has 3 nitrogen and oxygen atoms in total. The third-order valence-electron chi connectivity index (χ3n) is 3.86. The Morgan fingerprint density at radius 2 is 1.89 bits per heavy atom. The van der Waals surface area contributed by atoms with Crippen LogP contribution >= 0.6 is 0 Å². The van der Waals surface area contributed by atoms with E-state index in [0.29, 0.717) is 12.0 Å². The molecular formula is C15H24N2OS. The maximum atomic E-state index is 11.4. The van der Waals surface area contributed by atoms with Crippen LogP contribution in [0.3, 0.4) is 0 Å². The van der Waals surface area contributed by atoms with Gasteiger partial charge in [0.15, 0.2) is 0 Å². The summed E-state index contributed by atoms with van der Waals surface area (Å²) in [7, 11) is 1.45. The van der Waals surface area contributed by atoms with E-state index < -0.39 is 10.8 Å². The Kier molecular flexibility index (Phi) is 5.55. The van der Waals surface area contributed by atoms with Gasteiger partial charge in [0.1, 0.15) is 0 Å². The van der Waals surface area contributed by atoms with Gasteiger partial charge in [-0.2, -0.15) is 0 Å². The molecule has 19 heavy (non-hydrogen) atoms. The van der Waals surface area contributed by atoms with E-state index in [1.165, 1.54) is 5.56 Å². The van der Waals surface area contributed by atoms with Gasteiger partial charge in [-0.3, -0.25) is 4.21 Å². The smallest absolute Gasteiger partial charge is 0.0363 e. The number of hydrogen-bond donors (Lipinski definition) is 1. The Bertz CT molecular complexity index is 400. The summed E-state index contributed by atoms with van der Waals surface area (Å²) < 4.78 is 11.4. The fourth-order valence-corrected chi connectivity index (χ4v) is 3.94. The highest BCUT2D eigenvalue weighted by molar-refractivity contribution is 7.85. The van der Waals surface area contributed by atoms with Crippen molar-refractivity contribution in [2.24, 2.45) is 5.92 Å². The van der Waals surface area contributed by atoms with Crippen LogP contribution < -0.4 is 5.32 Å². The molecule has 0 aromatic heterocycles. The van der Waals surface area contributed by atoms with Crippen molar-refractivity contribution in [1.29, 1.82) is 0 Å². The highest BCUT2D eigenvalue weighted by Gasteiger charge is 2.22. The van der Waals surface area contributed by atoms with E-state index in [2.05, 4.69) is 47.5 Å². The third kappa shape index (κ3) is 4.13. The first-order valence-electron chi connectivity index (χ1n) is 7.00. The first-order valence-corrected chi connectivity index (χ1v) is 8.49. The molecule has 1 aromatic carbocycles. The molecule has 0 aliphatic carbocycles. The monoisotopic (exact) mass is 280 g/mol. The Labute approximate surface area is 118 Å². The zero-order chi connectivity index (χ0) is 13.7. The molecule has 1 heterocycles. The summed E-state index contributed by atoms with van der Waals surface area (Å²) in [6.45, 7) is 5.31. The molecule has 1 fully saturated rings. The number of hydrogen-bond acceptors (Lipinski definition) is 3. The van der Waals surface area contributed by atoms with Gasteiger partial charge in [-0.1, -0.05) is 37.3 Å². The average Bonchev–Trinajstić information content (AvgIpc) is 2.43. The maximum Gasteiger partial charge on any atom is 0.0363 e. The zero-order valence-electron chi connectivity index (χ0n) is 11.8. The normalized spacial score (nSPS) is 21.2. The lowest BCUT2D eigenvalue weighted by molar-refractivity contribution is 0.229. The van der Waals surface area contributed by atoms with Crippen LogP contribution in [0.2, 0.25) is 0 Å². The van der Waals surface area contributed by atoms with Crippen molar-refractivity contribution >= 4 is 10.8 Å². The van der Waals surface area contributed by atoms with Crippen LogP contribution in [0.25, 0.3) is 0 Å². The molecular weight excluding hydrogens is 256 g/mol. The van der Waals surface area contributed by atoms with Crippen LogP contribution in [-0.4, -0.2) is 47.3 Å². The van der Waals surface area contributed by atoms with Gasteiger partial charge in [0.05, 0.1) is 0 Å². The van der Waals surface area contributed by atoms with Gasteiger partial charge in [0, 0.05) is 48.0 Å². The standard InChI is InChI=1S/C15H24N2OS/c1-13(12-17-8-10-19(18)11-9-17)15(16-2)14-6-4-3-5-7-14/h3-7,13,15-16H,8-12H2,1-2H3. The van der Waals surface area contributed by atoms with Gasteiger partial charge < -0.3 is 10.2 Å². The molecule has 4 heteroatoms. The molecule has 0 spiro atoms. The third-order valence-corrected chi connectivity index (χ3v) is 5.13. The minimum Gasteiger partial charge on any atom is -0.313 e. The summed E-state index contributed by atoms with van der Waals surface area (Å²) in [4.78, 5) is 2.44. The number of benzene rings is 1. The van der Waals surface area contributed by atoms with Crippen LogP contribution in [0.4, 0.5) is 0 Å². The summed E-state index contributed by atoms with van der Waals surface area (Å²) in [5.41, 5.74) is 1.35. The van der Waals surface area contributed by atoms with Crippen LogP contribution in [-0.2, 0) is 10.8 Å². The van der Waals surface area contributed by atoms with Gasteiger partial charge in [-0.25, -0.2) is 0 Å². The van der Waals surface area contributed by atoms with Crippen LogP contribution in [0.5, 0.6) is 0 Å². The van der Waals surface area contributed by atoms with Crippen molar-refractivity contribution in [2.45, 2.75) is 13.0 Å². The van der Waals surface area contributed by atoms with Gasteiger partial charge in [-0.15, -0.1) is 0 Å². The highest BCUT2D eigenvalue weighted by Crippen LogP contribution is 2.22. The van der Waals surface area contributed by atoms with E-state index in [1.807, 2.05) is 7.05 Å². The molecule has 1 saturated heterocycles. The second-order valence-corrected chi connectivity index (χ2v) is 7.00. The van der Waals surface area contributed by atoms with Crippen molar-refractivity contribution in [2.75, 3.05) is 38.2 Å². The molecule has 2 unspecified atom stereocenters. The van der Waals surface area contributed by atoms with E-state index >= 15 is 0 Å². The summed E-state index contributed by atoms with van der Waals surface area (Å²) in [5.74, 6) is 2.21. The maximum absolute atomic E-state index is 11.4. The molecule has 0 bridgehead atoms. The van der Waals surface area contributed by atoms with Gasteiger partial charge in [0.25, 0.3) is 0 Å². The van der Waals surface area contributed by atoms with Gasteiger partial charge in [-0.05, 0) is 18.5 Å². The van der Waals surface area contributed by atoms with Crippen molar-refractivity contribution in [3.8, 4) is 0 Å². The SMILES string of the molecule is CNC(c1ccccc1)C(C)CN1CCS(=O)CC1. The molecule has 2 atom stereocenters. The van der Waals surface area contributed by atoms with E-state index in [0.717, 1.165) is 31.1 Å². The highest BCUT2D eigenvalue weighted by atomic mass is 32.2. The minimum atomic E-state index is -0.581. The van der Waals surface area contributed by atoms with Crippen molar-refractivity contribution in [3.05, 3.63) is 35.9 Å². The first kappa shape index (κ1) is 14.7. The zero-order valence-corrected chi connectivity index (χ0v) is 12.7. The fraction of sp³-hybridized carbons (Fsp3) is 0.600. The van der Waals surface area contributed by atoms with E-state index in [4.69, 9.17) is 0 Å². The van der Waals surface area contributed by atoms with Crippen LogP contribution in [0, 0.1) is 5.92 Å². The largest absolute Gasteiger partial charge is 0.313 e. The Hall–Kier alpha value is -0.710. The molecule has 2 rings (SSSR count). The van der Waals surface area contributed by atoms with Crippen LogP contribution in [0.1, 0.15) is 18.5 Å². The van der Waals surface area contributed by atoms with Gasteiger partial charge in [0.2, 0.25) is 0 Å². The van der Waals surface area contributed by atoms with Gasteiger partial charge >= 0.3 is 0 Å². The Balaban J connectivity index is 1.94. The van der Waals surface area contributed by atoms with Crippen molar-refractivity contribution in [1.82, 2.24) is 10.2 Å². The summed E-state index contributed by atoms with van der Waals surface area (Å²) in [5, 5.41) is 3.43. The lowest BCUT2D eigenvalue weighted by atomic mass is 9.94. The summed E-state index contributed by atoms with van der Waals surface area (Å²) >= 11 is 0. The van der Waals surface area contributed by atoms with E-state index in [9.17, 15) is 4.21 Å². The van der Waals surface area contributed by atoms with E-state index in [1.54, 1.807) is 0 Å². The van der Waals surface area contributed by atoms with Crippen molar-refractivity contribution < 1.29 is 4.21 Å². The predicted octanol–water partition coefficient (Wildman–Crippen LogP) is 1.65. The molecule has 0 saturated carbocycles. The lowest BCUT2D eigenvalue weighted by Crippen LogP contribution is -2.42. The van der Waals surface area contributed by atoms with Crippen LogP contribution in [0.15, 0.2) is 30.3 Å². The minimum absolute atomic E-state index is 0.383. The number of nitrogens with one attached hydrogen (secondary N) is 1. The molecule has 1 aromatic rings. The summed E-state index contributed by atoms with van der Waals surface area (Å²) in [6, 6.07) is 11.0. The number of nitrogens with zero attached hydrogens (tertiary/aromatic N) is 1. The second-order valence-electron chi connectivity index (χ2n) is 5.30. The lowest BCUT2D eigenvalue weighted by Gasteiger charge is -2.32. The Morgan fingerprint density at radius 3 is 2.47 bits per heavy atom. The molecule has 1 aliphatic heterocycles. The van der Waals surface area contributed by atoms with E-state index in [-0.39, 0.29) is 0 Å². The number of rotatable bonds is 5. The topological polar surface area (TPSA) is 32.3 Å². The molecule has 106 valence electrons. The van der Waals surface area contributed by atoms with Crippen molar-refractivity contribution in [3.63, 3.8) is 0 Å². The average molecular weight is 280 g/mol. The quantitative estimate of drug-likeness (QED) is 0.890. The fourth-order valence-electron chi connectivity index (χ4n) is 2.81. The molecule has 1 aliphatic rings. The molecule has 1 N–H and O–H groups in total. The predicted molar refractivity (Wildman–Crippen MR) is 81.7 cm³/mol. The second kappa shape index (κ2) is 7.17. The Morgan fingerprint density at radius 1 is 1.26 bits per heavy atom. The molecule has 0 amide bonds. The molecule has 0 radical (unpaired) electrons. The summed E-state index contributed by atoms with van der Waals surface area (Å²) in [6.07, 6.45) is 0.